The van der Waals surface area contributed by atoms with Crippen LogP contribution in [-0.4, -0.2) is 70.3 Å². The second-order valence-electron chi connectivity index (χ2n) is 3.48. The maximum absolute atomic E-state index is 9.40. The van der Waals surface area contributed by atoms with E-state index in [0.29, 0.717) is 19.2 Å². The lowest BCUT2D eigenvalue weighted by Gasteiger charge is -2.33. The summed E-state index contributed by atoms with van der Waals surface area (Å²) in [5.41, 5.74) is -0.415. The maximum Gasteiger partial charge on any atom is 0.184 e. The van der Waals surface area contributed by atoms with Crippen LogP contribution in [0.3, 0.4) is 0 Å². The highest BCUT2D eigenvalue weighted by atomic mass is 32.2. The molecular weight excluding hydrogens is 252 g/mol. The van der Waals surface area contributed by atoms with Crippen molar-refractivity contribution in [2.45, 2.75) is 30.4 Å². The van der Waals surface area contributed by atoms with Crippen molar-refractivity contribution in [1.82, 2.24) is 0 Å². The first-order valence-corrected chi connectivity index (χ1v) is 6.27. The van der Waals surface area contributed by atoms with Gasteiger partial charge in [0.15, 0.2) is 6.29 Å². The number of ether oxygens (including phenoxy) is 3. The molecule has 102 valence electrons. The average Bonchev–Trinajstić information content (AvgIpc) is 2.30. The highest BCUT2D eigenvalue weighted by molar-refractivity contribution is 7.99. The van der Waals surface area contributed by atoms with E-state index < -0.39 is 23.9 Å². The van der Waals surface area contributed by atoms with Gasteiger partial charge in [-0.05, 0) is 0 Å². The maximum atomic E-state index is 9.40. The first-order chi connectivity index (χ1) is 8.15. The van der Waals surface area contributed by atoms with E-state index in [2.05, 4.69) is 4.74 Å². The van der Waals surface area contributed by atoms with Crippen LogP contribution in [0.1, 0.15) is 6.42 Å². The molecule has 0 aromatic heterocycles. The van der Waals surface area contributed by atoms with Gasteiger partial charge in [0.05, 0.1) is 25.3 Å². The Morgan fingerprint density at radius 1 is 1.18 bits per heavy atom. The molecule has 1 saturated heterocycles. The van der Waals surface area contributed by atoms with E-state index in [0.717, 1.165) is 0 Å². The molecule has 0 radical (unpaired) electrons. The van der Waals surface area contributed by atoms with E-state index in [1.54, 1.807) is 0 Å². The molecule has 17 heavy (non-hydrogen) atoms. The largest absolute Gasteiger partial charge is 0.390 e. The zero-order chi connectivity index (χ0) is 12.7. The summed E-state index contributed by atoms with van der Waals surface area (Å²) in [6.07, 6.45) is -3.38. The molecule has 1 rings (SSSR count). The minimum absolute atomic E-state index is 0.236. The van der Waals surface area contributed by atoms with Crippen molar-refractivity contribution in [3.8, 4) is 0 Å². The van der Waals surface area contributed by atoms with Gasteiger partial charge in [0, 0.05) is 6.42 Å². The fourth-order valence-corrected chi connectivity index (χ4v) is 2.18. The summed E-state index contributed by atoms with van der Waals surface area (Å²) in [5, 5.41) is 36.2. The van der Waals surface area contributed by atoms with Crippen molar-refractivity contribution in [3.63, 3.8) is 0 Å². The zero-order valence-corrected chi connectivity index (χ0v) is 10.1. The minimum atomic E-state index is -1.37. The van der Waals surface area contributed by atoms with E-state index in [-0.39, 0.29) is 13.2 Å². The van der Waals surface area contributed by atoms with Gasteiger partial charge in [0.2, 0.25) is 0 Å². The molecule has 4 atom stereocenters. The molecule has 0 saturated carbocycles. The van der Waals surface area contributed by atoms with E-state index in [1.807, 2.05) is 0 Å². The molecule has 0 aromatic rings. The van der Waals surface area contributed by atoms with Crippen molar-refractivity contribution < 1.29 is 34.6 Å². The van der Waals surface area contributed by atoms with Crippen LogP contribution in [0.4, 0.5) is 0 Å². The van der Waals surface area contributed by atoms with Crippen LogP contribution >= 0.6 is 11.8 Å². The fraction of sp³-hybridized carbons (Fsp3) is 1.00. The number of thioether (sulfide) groups is 1. The van der Waals surface area contributed by atoms with Gasteiger partial charge in [-0.15, -0.1) is 11.8 Å². The molecule has 1 aliphatic heterocycles. The number of hydrogen-bond acceptors (Lipinski definition) is 8. The third-order valence-electron chi connectivity index (χ3n) is 2.21. The summed E-state index contributed by atoms with van der Waals surface area (Å²) >= 11 is 1.27. The summed E-state index contributed by atoms with van der Waals surface area (Å²) < 4.78 is 14.9. The topological polar surface area (TPSA) is 109 Å². The summed E-state index contributed by atoms with van der Waals surface area (Å²) in [6.45, 7) is 0.305. The van der Waals surface area contributed by atoms with Gasteiger partial charge in [-0.2, -0.15) is 0 Å². The monoisotopic (exact) mass is 270 g/mol. The predicted octanol–water partition coefficient (Wildman–Crippen LogP) is -1.55. The highest BCUT2D eigenvalue weighted by Gasteiger charge is 2.35. The second-order valence-corrected chi connectivity index (χ2v) is 4.57. The number of aliphatic hydroxyl groups is 4. The van der Waals surface area contributed by atoms with E-state index in [4.69, 9.17) is 14.6 Å². The SMILES string of the molecule is OCOCCOCSC1CC(O)C(O)C(O)O1. The van der Waals surface area contributed by atoms with Crippen LogP contribution < -0.4 is 0 Å². The molecule has 7 nitrogen and oxygen atoms in total. The molecular formula is C9H18O7S. The van der Waals surface area contributed by atoms with Gasteiger partial charge in [-0.3, -0.25) is 0 Å². The number of hydrogen-bond donors (Lipinski definition) is 4. The van der Waals surface area contributed by atoms with Gasteiger partial charge in [-0.25, -0.2) is 0 Å². The summed E-state index contributed by atoms with van der Waals surface area (Å²) in [4.78, 5) is 0. The third-order valence-corrected chi connectivity index (χ3v) is 3.19. The molecule has 4 N–H and O–H groups in total. The standard InChI is InChI=1S/C9H18O7S/c10-4-14-1-2-15-5-17-7-3-6(11)8(12)9(13)16-7/h6-13H,1-5H2. The lowest BCUT2D eigenvalue weighted by Crippen LogP contribution is -2.47. The van der Waals surface area contributed by atoms with Crippen LogP contribution in [-0.2, 0) is 14.2 Å². The Morgan fingerprint density at radius 3 is 2.53 bits per heavy atom. The minimum Gasteiger partial charge on any atom is -0.390 e. The van der Waals surface area contributed by atoms with Crippen LogP contribution in [0.15, 0.2) is 0 Å². The van der Waals surface area contributed by atoms with Gasteiger partial charge >= 0.3 is 0 Å². The summed E-state index contributed by atoms with van der Waals surface area (Å²) in [5.74, 6) is 0.314. The highest BCUT2D eigenvalue weighted by Crippen LogP contribution is 2.26. The normalized spacial score (nSPS) is 33.9. The van der Waals surface area contributed by atoms with Gasteiger partial charge in [0.25, 0.3) is 0 Å². The molecule has 8 heteroatoms. The van der Waals surface area contributed by atoms with Crippen LogP contribution in [0.25, 0.3) is 0 Å². The van der Waals surface area contributed by atoms with Crippen LogP contribution in [0.2, 0.25) is 0 Å². The number of aliphatic hydroxyl groups excluding tert-OH is 4. The Kier molecular flexibility index (Phi) is 7.32. The molecule has 1 heterocycles. The van der Waals surface area contributed by atoms with Crippen molar-refractivity contribution in [3.05, 3.63) is 0 Å². The second kappa shape index (κ2) is 8.22. The molecule has 4 unspecified atom stereocenters. The first-order valence-electron chi connectivity index (χ1n) is 5.22. The van der Waals surface area contributed by atoms with E-state index in [1.165, 1.54) is 11.8 Å². The molecule has 0 spiro atoms. The smallest absolute Gasteiger partial charge is 0.184 e. The Labute approximate surface area is 103 Å². The van der Waals surface area contributed by atoms with Crippen LogP contribution in [0.5, 0.6) is 0 Å². The summed E-state index contributed by atoms with van der Waals surface area (Å²) in [7, 11) is 0. The Morgan fingerprint density at radius 2 is 1.88 bits per heavy atom. The average molecular weight is 270 g/mol. The van der Waals surface area contributed by atoms with Crippen molar-refractivity contribution in [2.24, 2.45) is 0 Å². The lowest BCUT2D eigenvalue weighted by atomic mass is 10.1. The Hall–Kier alpha value is 0.0700. The summed E-state index contributed by atoms with van der Waals surface area (Å²) in [6, 6.07) is 0. The van der Waals surface area contributed by atoms with Crippen molar-refractivity contribution in [1.29, 1.82) is 0 Å². The quantitative estimate of drug-likeness (QED) is 0.325. The zero-order valence-electron chi connectivity index (χ0n) is 9.27. The van der Waals surface area contributed by atoms with Crippen LogP contribution in [0, 0.1) is 0 Å². The third kappa shape index (κ3) is 5.49. The van der Waals surface area contributed by atoms with Crippen molar-refractivity contribution >= 4 is 11.8 Å². The Bertz CT molecular complexity index is 194. The first kappa shape index (κ1) is 15.1. The lowest BCUT2D eigenvalue weighted by molar-refractivity contribution is -0.228. The van der Waals surface area contributed by atoms with Gasteiger partial charge in [0.1, 0.15) is 18.3 Å². The van der Waals surface area contributed by atoms with Gasteiger partial charge in [-0.1, -0.05) is 0 Å². The fourth-order valence-electron chi connectivity index (χ4n) is 1.29. The molecule has 0 amide bonds. The molecule has 1 aliphatic rings. The molecule has 0 aromatic carbocycles. The molecule has 0 bridgehead atoms. The van der Waals surface area contributed by atoms with E-state index >= 15 is 0 Å². The Balaban J connectivity index is 2.07. The predicted molar refractivity (Wildman–Crippen MR) is 59.0 cm³/mol. The van der Waals surface area contributed by atoms with E-state index in [9.17, 15) is 15.3 Å². The van der Waals surface area contributed by atoms with Gasteiger partial charge < -0.3 is 34.6 Å². The molecule has 1 fully saturated rings. The van der Waals surface area contributed by atoms with Crippen molar-refractivity contribution in [2.75, 3.05) is 25.9 Å². The number of rotatable bonds is 7. The molecule has 0 aliphatic carbocycles.